The highest BCUT2D eigenvalue weighted by atomic mass is 32.2. The van der Waals surface area contributed by atoms with E-state index >= 15 is 0 Å². The minimum atomic E-state index is -3.19. The summed E-state index contributed by atoms with van der Waals surface area (Å²) in [6.07, 6.45) is 1.24. The van der Waals surface area contributed by atoms with E-state index in [4.69, 9.17) is 0 Å². The van der Waals surface area contributed by atoms with Crippen LogP contribution in [0.15, 0.2) is 28.1 Å². The third kappa shape index (κ3) is 7.89. The Balaban J connectivity index is 1.87. The number of nitrogens with one attached hydrogen (secondary N) is 2. The molecule has 1 saturated heterocycles. The number of aryl methyl sites for hydroxylation is 1. The highest BCUT2D eigenvalue weighted by Crippen LogP contribution is 2.17. The summed E-state index contributed by atoms with van der Waals surface area (Å²) in [5.41, 5.74) is 1.76. The zero-order valence-electron chi connectivity index (χ0n) is 19.2. The van der Waals surface area contributed by atoms with Crippen LogP contribution in [-0.2, 0) is 16.4 Å². The molecule has 0 amide bonds. The number of rotatable bonds is 9. The van der Waals surface area contributed by atoms with Gasteiger partial charge in [-0.1, -0.05) is 26.0 Å². The molecule has 1 aliphatic heterocycles. The van der Waals surface area contributed by atoms with Gasteiger partial charge in [0.25, 0.3) is 0 Å². The van der Waals surface area contributed by atoms with Crippen LogP contribution >= 0.6 is 0 Å². The second-order valence-electron chi connectivity index (χ2n) is 8.29. The van der Waals surface area contributed by atoms with Crippen LogP contribution in [0.25, 0.3) is 0 Å². The predicted molar refractivity (Wildman–Crippen MR) is 125 cm³/mol. The molecule has 2 N–H and O–H groups in total. The summed E-state index contributed by atoms with van der Waals surface area (Å²) in [7, 11) is -3.19. The van der Waals surface area contributed by atoms with Crippen LogP contribution in [0.2, 0.25) is 0 Å². The molecular formula is C22H39N5O2S. The average Bonchev–Trinajstić information content (AvgIpc) is 2.69. The lowest BCUT2D eigenvalue weighted by Crippen LogP contribution is -2.48. The van der Waals surface area contributed by atoms with E-state index in [-0.39, 0.29) is 0 Å². The van der Waals surface area contributed by atoms with Gasteiger partial charge in [-0.25, -0.2) is 13.4 Å². The smallest absolute Gasteiger partial charge is 0.191 e. The van der Waals surface area contributed by atoms with Crippen molar-refractivity contribution in [3.63, 3.8) is 0 Å². The van der Waals surface area contributed by atoms with Crippen molar-refractivity contribution in [3.8, 4) is 0 Å². The van der Waals surface area contributed by atoms with Gasteiger partial charge >= 0.3 is 0 Å². The normalized spacial score (nSPS) is 17.7. The van der Waals surface area contributed by atoms with Gasteiger partial charge in [0.15, 0.2) is 15.8 Å². The second-order valence-corrected chi connectivity index (χ2v) is 10.3. The van der Waals surface area contributed by atoms with Gasteiger partial charge in [0, 0.05) is 52.1 Å². The van der Waals surface area contributed by atoms with Gasteiger partial charge in [0.2, 0.25) is 0 Å². The number of sulfone groups is 1. The summed E-state index contributed by atoms with van der Waals surface area (Å²) >= 11 is 0. The van der Waals surface area contributed by atoms with E-state index in [1.54, 1.807) is 6.07 Å². The molecule has 0 spiro atoms. The summed E-state index contributed by atoms with van der Waals surface area (Å²) in [6.45, 7) is 17.4. The maximum atomic E-state index is 11.8. The lowest BCUT2D eigenvalue weighted by Gasteiger charge is -2.35. The predicted octanol–water partition coefficient (Wildman–Crippen LogP) is 1.73. The molecule has 2 rings (SSSR count). The molecule has 0 radical (unpaired) electrons. The van der Waals surface area contributed by atoms with Gasteiger partial charge < -0.3 is 20.4 Å². The number of hydrogen-bond donors (Lipinski definition) is 2. The van der Waals surface area contributed by atoms with Gasteiger partial charge in [0.1, 0.15) is 0 Å². The molecule has 1 atom stereocenters. The molecule has 170 valence electrons. The summed E-state index contributed by atoms with van der Waals surface area (Å²) in [6, 6.07) is 5.42. The first-order valence-corrected chi connectivity index (χ1v) is 12.9. The van der Waals surface area contributed by atoms with Gasteiger partial charge in [0.05, 0.1) is 11.4 Å². The molecule has 0 aliphatic carbocycles. The van der Waals surface area contributed by atoms with E-state index in [9.17, 15) is 8.42 Å². The van der Waals surface area contributed by atoms with E-state index in [2.05, 4.69) is 46.2 Å². The fraction of sp³-hybridized carbons (Fsp3) is 0.682. The Morgan fingerprint density at radius 1 is 1.13 bits per heavy atom. The fourth-order valence-corrected chi connectivity index (χ4v) is 4.76. The number of hydrogen-bond acceptors (Lipinski definition) is 5. The summed E-state index contributed by atoms with van der Waals surface area (Å²) in [5, 5.41) is 6.75. The van der Waals surface area contributed by atoms with Crippen LogP contribution in [-0.4, -0.2) is 82.8 Å². The van der Waals surface area contributed by atoms with Crippen molar-refractivity contribution >= 4 is 15.8 Å². The van der Waals surface area contributed by atoms with Crippen molar-refractivity contribution in [3.05, 3.63) is 29.3 Å². The van der Waals surface area contributed by atoms with Gasteiger partial charge in [-0.2, -0.15) is 0 Å². The number of piperazine rings is 1. The first kappa shape index (κ1) is 24.6. The first-order valence-electron chi connectivity index (χ1n) is 11.0. The summed E-state index contributed by atoms with van der Waals surface area (Å²) < 4.78 is 23.6. The van der Waals surface area contributed by atoms with Crippen LogP contribution in [0.5, 0.6) is 0 Å². The Morgan fingerprint density at radius 3 is 2.37 bits per heavy atom. The molecule has 0 bridgehead atoms. The molecule has 8 heteroatoms. The van der Waals surface area contributed by atoms with E-state index in [1.807, 2.05) is 19.1 Å². The van der Waals surface area contributed by atoms with Crippen molar-refractivity contribution in [2.24, 2.45) is 10.9 Å². The molecule has 1 unspecified atom stereocenters. The number of benzene rings is 1. The Hall–Kier alpha value is -1.64. The number of nitrogens with zero attached hydrogens (tertiary/aromatic N) is 3. The zero-order valence-corrected chi connectivity index (χ0v) is 20.1. The number of aliphatic imine (C=N–C) groups is 1. The monoisotopic (exact) mass is 437 g/mol. The van der Waals surface area contributed by atoms with Crippen molar-refractivity contribution in [1.29, 1.82) is 0 Å². The molecule has 0 aromatic heterocycles. The number of likely N-dealkylation sites (N-methyl/N-ethyl adjacent to an activating group) is 1. The Kier molecular flexibility index (Phi) is 9.58. The van der Waals surface area contributed by atoms with Crippen LogP contribution in [0, 0.1) is 12.8 Å². The average molecular weight is 438 g/mol. The van der Waals surface area contributed by atoms with Crippen LogP contribution in [0.4, 0.5) is 0 Å². The molecule has 7 nitrogen and oxygen atoms in total. The minimum Gasteiger partial charge on any atom is -0.357 e. The second kappa shape index (κ2) is 11.7. The molecule has 1 aromatic rings. The highest BCUT2D eigenvalue weighted by Gasteiger charge is 2.17. The molecule has 1 aromatic carbocycles. The Labute approximate surface area is 182 Å². The standard InChI is InChI=1S/C22H39N5O2S/c1-6-23-22(24-15-18(3)17-27-12-10-26(7-2)11-13-27)25-16-20-8-9-21(19(4)14-20)30(5,28)29/h8-9,14,18H,6-7,10-13,15-17H2,1-5H3,(H2,23,24,25). The molecule has 1 fully saturated rings. The molecule has 1 aliphatic rings. The van der Waals surface area contributed by atoms with E-state index < -0.39 is 9.84 Å². The molecular weight excluding hydrogens is 398 g/mol. The SMILES string of the molecule is CCNC(=NCc1ccc(S(C)(=O)=O)c(C)c1)NCC(C)CN1CCN(CC)CC1. The quantitative estimate of drug-likeness (QED) is 0.453. The maximum Gasteiger partial charge on any atom is 0.191 e. The largest absolute Gasteiger partial charge is 0.357 e. The zero-order chi connectivity index (χ0) is 22.1. The molecule has 1 heterocycles. The van der Waals surface area contributed by atoms with Crippen molar-refractivity contribution in [1.82, 2.24) is 20.4 Å². The van der Waals surface area contributed by atoms with E-state index in [0.717, 1.165) is 69.4 Å². The third-order valence-corrected chi connectivity index (χ3v) is 6.76. The maximum absolute atomic E-state index is 11.8. The van der Waals surface area contributed by atoms with E-state index in [1.165, 1.54) is 6.26 Å². The molecule has 30 heavy (non-hydrogen) atoms. The lowest BCUT2D eigenvalue weighted by atomic mass is 10.1. The van der Waals surface area contributed by atoms with Gasteiger partial charge in [-0.15, -0.1) is 0 Å². The third-order valence-electron chi connectivity index (χ3n) is 5.50. The number of guanidine groups is 1. The highest BCUT2D eigenvalue weighted by molar-refractivity contribution is 7.90. The lowest BCUT2D eigenvalue weighted by molar-refractivity contribution is 0.124. The van der Waals surface area contributed by atoms with Gasteiger partial charge in [-0.3, -0.25) is 0 Å². The molecule has 0 saturated carbocycles. The van der Waals surface area contributed by atoms with Crippen molar-refractivity contribution in [2.75, 3.05) is 58.6 Å². The van der Waals surface area contributed by atoms with E-state index in [0.29, 0.717) is 17.4 Å². The topological polar surface area (TPSA) is 77.0 Å². The van der Waals surface area contributed by atoms with Crippen molar-refractivity contribution < 1.29 is 8.42 Å². The first-order chi connectivity index (χ1) is 14.2. The summed E-state index contributed by atoms with van der Waals surface area (Å²) in [4.78, 5) is 10.1. The summed E-state index contributed by atoms with van der Waals surface area (Å²) in [5.74, 6) is 1.32. The van der Waals surface area contributed by atoms with Crippen LogP contribution in [0.1, 0.15) is 31.9 Å². The van der Waals surface area contributed by atoms with Crippen molar-refractivity contribution in [2.45, 2.75) is 39.1 Å². The Bertz CT molecular complexity index is 802. The Morgan fingerprint density at radius 2 is 1.80 bits per heavy atom. The van der Waals surface area contributed by atoms with Crippen LogP contribution < -0.4 is 10.6 Å². The van der Waals surface area contributed by atoms with Crippen LogP contribution in [0.3, 0.4) is 0 Å². The van der Waals surface area contributed by atoms with Gasteiger partial charge in [-0.05, 0) is 43.5 Å². The minimum absolute atomic E-state index is 0.383. The fourth-order valence-electron chi connectivity index (χ4n) is 3.80.